The lowest BCUT2D eigenvalue weighted by atomic mass is 10.1. The minimum absolute atomic E-state index is 0.00219. The quantitative estimate of drug-likeness (QED) is 0.887. The Morgan fingerprint density at radius 1 is 1.18 bits per heavy atom. The summed E-state index contributed by atoms with van der Waals surface area (Å²) in [4.78, 5) is 9.12. The van der Waals surface area contributed by atoms with Crippen LogP contribution in [-0.2, 0) is 0 Å². The zero-order chi connectivity index (χ0) is 16.3. The van der Waals surface area contributed by atoms with Crippen LogP contribution in [-0.4, -0.2) is 22.6 Å². The molecule has 0 aliphatic rings. The predicted octanol–water partition coefficient (Wildman–Crippen LogP) is 4.18. The minimum Gasteiger partial charge on any atom is -0.473 e. The Labute approximate surface area is 140 Å². The molecule has 0 saturated heterocycles. The van der Waals surface area contributed by atoms with Crippen LogP contribution in [0.15, 0.2) is 18.2 Å². The Hall–Kier alpha value is -1.36. The van der Waals surface area contributed by atoms with Crippen molar-refractivity contribution in [2.45, 2.75) is 33.3 Å². The van der Waals surface area contributed by atoms with Gasteiger partial charge in [-0.05, 0) is 51.9 Å². The molecule has 0 spiro atoms. The second kappa shape index (κ2) is 7.27. The molecule has 0 amide bonds. The average molecular weight is 340 g/mol. The number of hydrogen-bond acceptors (Lipinski definition) is 4. The third kappa shape index (κ3) is 3.88. The van der Waals surface area contributed by atoms with Gasteiger partial charge in [0.2, 0.25) is 5.88 Å². The molecular formula is C16H19Cl2N3O. The fraction of sp³-hybridized carbons (Fsp3) is 0.375. The Morgan fingerprint density at radius 3 is 2.55 bits per heavy atom. The number of halogens is 2. The van der Waals surface area contributed by atoms with E-state index in [1.54, 1.807) is 12.1 Å². The first-order valence-electron chi connectivity index (χ1n) is 7.09. The summed E-state index contributed by atoms with van der Waals surface area (Å²) in [6.07, 6.45) is 0.771. The van der Waals surface area contributed by atoms with Gasteiger partial charge in [-0.1, -0.05) is 23.2 Å². The van der Waals surface area contributed by atoms with E-state index < -0.39 is 0 Å². The van der Waals surface area contributed by atoms with Crippen molar-refractivity contribution in [2.75, 3.05) is 6.54 Å². The Bertz CT molecular complexity index is 677. The summed E-state index contributed by atoms with van der Waals surface area (Å²) in [7, 11) is 0. The fourth-order valence-corrected chi connectivity index (χ4v) is 2.61. The molecule has 2 rings (SSSR count). The second-order valence-corrected chi connectivity index (χ2v) is 6.02. The van der Waals surface area contributed by atoms with Gasteiger partial charge in [0.1, 0.15) is 5.69 Å². The lowest BCUT2D eigenvalue weighted by Crippen LogP contribution is -2.18. The number of nitrogens with two attached hydrogens (primary N) is 1. The zero-order valence-electron chi connectivity index (χ0n) is 12.9. The lowest BCUT2D eigenvalue weighted by Gasteiger charge is -2.16. The van der Waals surface area contributed by atoms with Crippen molar-refractivity contribution >= 4 is 23.2 Å². The van der Waals surface area contributed by atoms with Crippen molar-refractivity contribution in [1.82, 2.24) is 9.97 Å². The van der Waals surface area contributed by atoms with E-state index in [1.807, 2.05) is 26.8 Å². The van der Waals surface area contributed by atoms with Crippen LogP contribution in [0.4, 0.5) is 0 Å². The van der Waals surface area contributed by atoms with E-state index in [0.29, 0.717) is 22.5 Å². The summed E-state index contributed by atoms with van der Waals surface area (Å²) < 4.78 is 5.80. The Balaban J connectivity index is 2.37. The molecule has 2 aromatic rings. The van der Waals surface area contributed by atoms with Crippen LogP contribution >= 0.6 is 23.2 Å². The van der Waals surface area contributed by atoms with Crippen LogP contribution in [0.3, 0.4) is 0 Å². The highest BCUT2D eigenvalue weighted by molar-refractivity contribution is 6.36. The first-order chi connectivity index (χ1) is 10.4. The molecule has 2 N–H and O–H groups in total. The monoisotopic (exact) mass is 339 g/mol. The van der Waals surface area contributed by atoms with Gasteiger partial charge >= 0.3 is 0 Å². The fourth-order valence-electron chi connectivity index (χ4n) is 2.12. The maximum absolute atomic E-state index is 6.26. The largest absolute Gasteiger partial charge is 0.473 e. The number of rotatable bonds is 5. The number of aromatic nitrogens is 2. The normalized spacial score (nSPS) is 12.3. The van der Waals surface area contributed by atoms with Crippen molar-refractivity contribution in [2.24, 2.45) is 5.73 Å². The van der Waals surface area contributed by atoms with Crippen LogP contribution in [0.1, 0.15) is 24.7 Å². The van der Waals surface area contributed by atoms with Gasteiger partial charge in [-0.15, -0.1) is 0 Å². The number of nitrogens with zero attached hydrogens (tertiary/aromatic N) is 2. The molecule has 0 saturated carbocycles. The SMILES string of the molecule is Cc1nc(-c2ccc(Cl)cc2Cl)c(C)nc1OC(C)CCN. The summed E-state index contributed by atoms with van der Waals surface area (Å²) >= 11 is 12.2. The van der Waals surface area contributed by atoms with Crippen LogP contribution in [0.2, 0.25) is 10.0 Å². The maximum Gasteiger partial charge on any atom is 0.235 e. The van der Waals surface area contributed by atoms with Crippen molar-refractivity contribution < 1.29 is 4.74 Å². The van der Waals surface area contributed by atoms with E-state index in [9.17, 15) is 0 Å². The third-order valence-electron chi connectivity index (χ3n) is 3.27. The number of hydrogen-bond donors (Lipinski definition) is 1. The van der Waals surface area contributed by atoms with Crippen LogP contribution in [0, 0.1) is 13.8 Å². The van der Waals surface area contributed by atoms with Gasteiger partial charge in [0, 0.05) is 10.6 Å². The molecule has 0 bridgehead atoms. The number of benzene rings is 1. The Kier molecular flexibility index (Phi) is 5.62. The first kappa shape index (κ1) is 17.0. The molecule has 0 aliphatic heterocycles. The molecule has 118 valence electrons. The maximum atomic E-state index is 6.26. The van der Waals surface area contributed by atoms with E-state index in [0.717, 1.165) is 29.1 Å². The summed E-state index contributed by atoms with van der Waals surface area (Å²) in [5, 5.41) is 1.14. The van der Waals surface area contributed by atoms with Crippen molar-refractivity contribution in [3.8, 4) is 17.1 Å². The highest BCUT2D eigenvalue weighted by atomic mass is 35.5. The number of ether oxygens (including phenoxy) is 1. The van der Waals surface area contributed by atoms with Gasteiger partial charge in [-0.3, -0.25) is 0 Å². The molecule has 0 radical (unpaired) electrons. The van der Waals surface area contributed by atoms with E-state index >= 15 is 0 Å². The zero-order valence-corrected chi connectivity index (χ0v) is 14.4. The van der Waals surface area contributed by atoms with Crippen LogP contribution < -0.4 is 10.5 Å². The van der Waals surface area contributed by atoms with E-state index in [2.05, 4.69) is 9.97 Å². The van der Waals surface area contributed by atoms with E-state index in [4.69, 9.17) is 33.7 Å². The van der Waals surface area contributed by atoms with Gasteiger partial charge in [0.25, 0.3) is 0 Å². The average Bonchev–Trinajstić information content (AvgIpc) is 2.43. The molecule has 1 aromatic carbocycles. The second-order valence-electron chi connectivity index (χ2n) is 5.18. The van der Waals surface area contributed by atoms with E-state index in [1.165, 1.54) is 0 Å². The molecule has 22 heavy (non-hydrogen) atoms. The van der Waals surface area contributed by atoms with Gasteiger partial charge < -0.3 is 10.5 Å². The molecule has 0 aliphatic carbocycles. The number of aryl methyl sites for hydroxylation is 2. The Morgan fingerprint density at radius 2 is 1.91 bits per heavy atom. The van der Waals surface area contributed by atoms with Crippen molar-refractivity contribution in [3.63, 3.8) is 0 Å². The molecule has 1 unspecified atom stereocenters. The first-order valence-corrected chi connectivity index (χ1v) is 7.85. The standard InChI is InChI=1S/C16H19Cl2N3O/c1-9(6-7-19)22-16-11(3)20-15(10(2)21-16)13-5-4-12(17)8-14(13)18/h4-5,8-9H,6-7,19H2,1-3H3. The topological polar surface area (TPSA) is 61.0 Å². The predicted molar refractivity (Wildman–Crippen MR) is 90.7 cm³/mol. The third-order valence-corrected chi connectivity index (χ3v) is 3.82. The highest BCUT2D eigenvalue weighted by Crippen LogP contribution is 2.32. The van der Waals surface area contributed by atoms with Crippen LogP contribution in [0.25, 0.3) is 11.3 Å². The van der Waals surface area contributed by atoms with Gasteiger partial charge in [0.15, 0.2) is 0 Å². The minimum atomic E-state index is 0.00219. The molecule has 1 atom stereocenters. The van der Waals surface area contributed by atoms with Crippen molar-refractivity contribution in [1.29, 1.82) is 0 Å². The molecule has 6 heteroatoms. The lowest BCUT2D eigenvalue weighted by molar-refractivity contribution is 0.202. The molecular weight excluding hydrogens is 321 g/mol. The summed E-state index contributed by atoms with van der Waals surface area (Å²) in [5.74, 6) is 0.535. The highest BCUT2D eigenvalue weighted by Gasteiger charge is 2.15. The smallest absolute Gasteiger partial charge is 0.235 e. The van der Waals surface area contributed by atoms with Gasteiger partial charge in [0.05, 0.1) is 22.5 Å². The molecule has 0 fully saturated rings. The van der Waals surface area contributed by atoms with E-state index in [-0.39, 0.29) is 6.10 Å². The molecule has 4 nitrogen and oxygen atoms in total. The molecule has 1 aromatic heterocycles. The summed E-state index contributed by atoms with van der Waals surface area (Å²) in [6, 6.07) is 5.33. The molecule has 1 heterocycles. The van der Waals surface area contributed by atoms with Crippen molar-refractivity contribution in [3.05, 3.63) is 39.6 Å². The van der Waals surface area contributed by atoms with Gasteiger partial charge in [-0.25, -0.2) is 9.97 Å². The summed E-state index contributed by atoms with van der Waals surface area (Å²) in [5.41, 5.74) is 8.55. The summed E-state index contributed by atoms with van der Waals surface area (Å²) in [6.45, 7) is 6.29. The van der Waals surface area contributed by atoms with Crippen LogP contribution in [0.5, 0.6) is 5.88 Å². The van der Waals surface area contributed by atoms with Gasteiger partial charge in [-0.2, -0.15) is 0 Å².